The van der Waals surface area contributed by atoms with Crippen LogP contribution in [-0.2, 0) is 9.53 Å². The molecule has 2 aromatic rings. The van der Waals surface area contributed by atoms with Crippen LogP contribution in [0.25, 0.3) is 0 Å². The summed E-state index contributed by atoms with van der Waals surface area (Å²) in [7, 11) is 0. The Morgan fingerprint density at radius 3 is 2.57 bits per heavy atom. The summed E-state index contributed by atoms with van der Waals surface area (Å²) in [4.78, 5) is 23.3. The molecule has 0 aromatic heterocycles. The zero-order valence-electron chi connectivity index (χ0n) is 11.0. The molecule has 0 aliphatic carbocycles. The Morgan fingerprint density at radius 1 is 1.14 bits per heavy atom. The van der Waals surface area contributed by atoms with E-state index in [9.17, 15) is 14.0 Å². The maximum Gasteiger partial charge on any atom is 0.340 e. The van der Waals surface area contributed by atoms with Crippen LogP contribution in [-0.4, -0.2) is 18.5 Å². The number of hydrogen-bond donors (Lipinski definition) is 2. The first-order valence-corrected chi connectivity index (χ1v) is 6.13. The highest BCUT2D eigenvalue weighted by atomic mass is 19.1. The van der Waals surface area contributed by atoms with E-state index < -0.39 is 24.3 Å². The fraction of sp³-hybridized carbons (Fsp3) is 0.0667. The van der Waals surface area contributed by atoms with Crippen LogP contribution in [0, 0.1) is 5.82 Å². The zero-order valence-corrected chi connectivity index (χ0v) is 11.0. The van der Waals surface area contributed by atoms with Crippen molar-refractivity contribution < 1.29 is 18.7 Å². The van der Waals surface area contributed by atoms with Gasteiger partial charge in [-0.2, -0.15) is 0 Å². The van der Waals surface area contributed by atoms with Crippen LogP contribution >= 0.6 is 0 Å². The maximum absolute atomic E-state index is 13.1. The number of nitrogen functional groups attached to an aromatic ring is 1. The van der Waals surface area contributed by atoms with Gasteiger partial charge in [-0.1, -0.05) is 18.2 Å². The van der Waals surface area contributed by atoms with E-state index in [1.165, 1.54) is 6.07 Å². The number of amides is 1. The van der Waals surface area contributed by atoms with Crippen LogP contribution in [0.2, 0.25) is 0 Å². The standard InChI is InChI=1S/C15H13FN2O3/c16-10-6-7-13(17)12(8-10)15(20)21-9-14(19)18-11-4-2-1-3-5-11/h1-8H,9,17H2,(H,18,19). The van der Waals surface area contributed by atoms with Crippen molar-refractivity contribution in [3.05, 3.63) is 59.9 Å². The molecule has 0 heterocycles. The van der Waals surface area contributed by atoms with Gasteiger partial charge in [-0.3, -0.25) is 4.79 Å². The van der Waals surface area contributed by atoms with Crippen molar-refractivity contribution in [1.29, 1.82) is 0 Å². The van der Waals surface area contributed by atoms with Crippen molar-refractivity contribution in [2.45, 2.75) is 0 Å². The molecule has 108 valence electrons. The first-order chi connectivity index (χ1) is 10.1. The van der Waals surface area contributed by atoms with Crippen molar-refractivity contribution in [1.82, 2.24) is 0 Å². The number of carbonyl (C=O) groups is 2. The van der Waals surface area contributed by atoms with Crippen molar-refractivity contribution in [2.75, 3.05) is 17.7 Å². The minimum atomic E-state index is -0.852. The lowest BCUT2D eigenvalue weighted by Crippen LogP contribution is -2.21. The number of ether oxygens (including phenoxy) is 1. The second-order valence-corrected chi connectivity index (χ2v) is 4.22. The lowest BCUT2D eigenvalue weighted by molar-refractivity contribution is -0.119. The number of benzene rings is 2. The van der Waals surface area contributed by atoms with Crippen molar-refractivity contribution in [3.8, 4) is 0 Å². The van der Waals surface area contributed by atoms with E-state index in [2.05, 4.69) is 5.32 Å². The number of esters is 1. The molecule has 21 heavy (non-hydrogen) atoms. The van der Waals surface area contributed by atoms with E-state index in [4.69, 9.17) is 10.5 Å². The summed E-state index contributed by atoms with van der Waals surface area (Å²) in [6.07, 6.45) is 0. The summed E-state index contributed by atoms with van der Waals surface area (Å²) >= 11 is 0. The van der Waals surface area contributed by atoms with Gasteiger partial charge in [-0.15, -0.1) is 0 Å². The highest BCUT2D eigenvalue weighted by Gasteiger charge is 2.14. The summed E-state index contributed by atoms with van der Waals surface area (Å²) in [6, 6.07) is 12.1. The highest BCUT2D eigenvalue weighted by Crippen LogP contribution is 2.14. The maximum atomic E-state index is 13.1. The summed E-state index contributed by atoms with van der Waals surface area (Å²) in [5.41, 5.74) is 6.12. The summed E-state index contributed by atoms with van der Waals surface area (Å²) in [5.74, 6) is -1.95. The number of para-hydroxylation sites is 1. The molecule has 0 saturated heterocycles. The SMILES string of the molecule is Nc1ccc(F)cc1C(=O)OCC(=O)Nc1ccccc1. The molecule has 5 nitrogen and oxygen atoms in total. The number of halogens is 1. The Labute approximate surface area is 120 Å². The van der Waals surface area contributed by atoms with Crippen molar-refractivity contribution in [3.63, 3.8) is 0 Å². The number of nitrogens with one attached hydrogen (secondary N) is 1. The molecule has 2 aromatic carbocycles. The lowest BCUT2D eigenvalue weighted by atomic mass is 10.2. The Hall–Kier alpha value is -2.89. The molecule has 3 N–H and O–H groups in total. The molecule has 0 aliphatic heterocycles. The third-order valence-corrected chi connectivity index (χ3v) is 2.63. The normalized spacial score (nSPS) is 9.95. The van der Waals surface area contributed by atoms with Gasteiger partial charge in [0.05, 0.1) is 5.56 Å². The molecule has 0 unspecified atom stereocenters. The lowest BCUT2D eigenvalue weighted by Gasteiger charge is -2.08. The van der Waals surface area contributed by atoms with Gasteiger partial charge in [-0.05, 0) is 30.3 Å². The first kappa shape index (κ1) is 14.5. The van der Waals surface area contributed by atoms with Crippen LogP contribution in [0.5, 0.6) is 0 Å². The molecular formula is C15H13FN2O3. The monoisotopic (exact) mass is 288 g/mol. The van der Waals surface area contributed by atoms with Crippen LogP contribution in [0.1, 0.15) is 10.4 Å². The molecule has 0 radical (unpaired) electrons. The minimum absolute atomic E-state index is 0.0878. The molecule has 0 atom stereocenters. The predicted molar refractivity (Wildman–Crippen MR) is 76.2 cm³/mol. The molecule has 2 rings (SSSR count). The summed E-state index contributed by atoms with van der Waals surface area (Å²) in [6.45, 7) is -0.482. The van der Waals surface area contributed by atoms with Crippen LogP contribution in [0.15, 0.2) is 48.5 Å². The van der Waals surface area contributed by atoms with Gasteiger partial charge >= 0.3 is 5.97 Å². The zero-order chi connectivity index (χ0) is 15.2. The van der Waals surface area contributed by atoms with Crippen LogP contribution in [0.4, 0.5) is 15.8 Å². The van der Waals surface area contributed by atoms with Gasteiger partial charge in [0.25, 0.3) is 5.91 Å². The largest absolute Gasteiger partial charge is 0.452 e. The Morgan fingerprint density at radius 2 is 1.86 bits per heavy atom. The van der Waals surface area contributed by atoms with E-state index in [0.29, 0.717) is 5.69 Å². The van der Waals surface area contributed by atoms with Gasteiger partial charge in [0.1, 0.15) is 5.82 Å². The number of hydrogen-bond acceptors (Lipinski definition) is 4. The second kappa shape index (κ2) is 6.51. The van der Waals surface area contributed by atoms with E-state index in [-0.39, 0.29) is 11.3 Å². The van der Waals surface area contributed by atoms with E-state index in [0.717, 1.165) is 12.1 Å². The smallest absolute Gasteiger partial charge is 0.340 e. The second-order valence-electron chi connectivity index (χ2n) is 4.22. The number of rotatable bonds is 4. The summed E-state index contributed by atoms with van der Waals surface area (Å²) < 4.78 is 17.9. The molecule has 0 saturated carbocycles. The van der Waals surface area contributed by atoms with E-state index in [1.54, 1.807) is 24.3 Å². The van der Waals surface area contributed by atoms with E-state index >= 15 is 0 Å². The van der Waals surface area contributed by atoms with Gasteiger partial charge in [0.2, 0.25) is 0 Å². The van der Waals surface area contributed by atoms with Crippen LogP contribution < -0.4 is 11.1 Å². The molecule has 0 bridgehead atoms. The third-order valence-electron chi connectivity index (χ3n) is 2.63. The molecule has 1 amide bonds. The van der Waals surface area contributed by atoms with Gasteiger partial charge < -0.3 is 15.8 Å². The molecular weight excluding hydrogens is 275 g/mol. The molecule has 0 aliphatic rings. The Balaban J connectivity index is 1.92. The summed E-state index contributed by atoms with van der Waals surface area (Å²) in [5, 5.41) is 2.55. The van der Waals surface area contributed by atoms with Gasteiger partial charge in [0.15, 0.2) is 6.61 Å². The molecule has 0 spiro atoms. The Kier molecular flexibility index (Phi) is 4.50. The minimum Gasteiger partial charge on any atom is -0.452 e. The van der Waals surface area contributed by atoms with Crippen molar-refractivity contribution in [2.24, 2.45) is 0 Å². The highest BCUT2D eigenvalue weighted by molar-refractivity contribution is 5.98. The fourth-order valence-electron chi connectivity index (χ4n) is 1.63. The van der Waals surface area contributed by atoms with Crippen molar-refractivity contribution >= 4 is 23.3 Å². The van der Waals surface area contributed by atoms with Gasteiger partial charge in [-0.25, -0.2) is 9.18 Å². The fourth-order valence-corrected chi connectivity index (χ4v) is 1.63. The topological polar surface area (TPSA) is 81.4 Å². The molecule has 0 fully saturated rings. The average molecular weight is 288 g/mol. The average Bonchev–Trinajstić information content (AvgIpc) is 2.48. The molecule has 6 heteroatoms. The third kappa shape index (κ3) is 4.04. The predicted octanol–water partition coefficient (Wildman–Crippen LogP) is 2.20. The number of nitrogens with two attached hydrogens (primary N) is 1. The Bertz CT molecular complexity index is 659. The van der Waals surface area contributed by atoms with Gasteiger partial charge in [0, 0.05) is 11.4 Å². The first-order valence-electron chi connectivity index (χ1n) is 6.13. The number of carbonyl (C=O) groups excluding carboxylic acids is 2. The number of anilines is 2. The van der Waals surface area contributed by atoms with E-state index in [1.807, 2.05) is 6.07 Å². The van der Waals surface area contributed by atoms with Crippen LogP contribution in [0.3, 0.4) is 0 Å². The quantitative estimate of drug-likeness (QED) is 0.667.